The first-order valence-electron chi connectivity index (χ1n) is 5.86. The molecular weight excluding hydrogens is 246 g/mol. The molecule has 6 heteroatoms. The molecule has 0 bridgehead atoms. The van der Waals surface area contributed by atoms with Crippen LogP contribution in [0.1, 0.15) is 5.56 Å². The van der Waals surface area contributed by atoms with Crippen molar-refractivity contribution in [3.63, 3.8) is 0 Å². The van der Waals surface area contributed by atoms with Crippen LogP contribution in [0.5, 0.6) is 5.75 Å². The van der Waals surface area contributed by atoms with Crippen molar-refractivity contribution in [2.75, 3.05) is 19.0 Å². The molecule has 1 aromatic heterocycles. The van der Waals surface area contributed by atoms with Crippen LogP contribution in [0, 0.1) is 0 Å². The number of rotatable bonds is 5. The van der Waals surface area contributed by atoms with Gasteiger partial charge in [0.15, 0.2) is 0 Å². The highest BCUT2D eigenvalue weighted by molar-refractivity contribution is 5.87. The Bertz CT molecular complexity index is 508. The molecule has 0 aliphatic heterocycles. The molecule has 0 atom stereocenters. The number of ether oxygens (including phenoxy) is 1. The number of aromatic nitrogens is 1. The Kier molecular flexibility index (Phi) is 4.39. The van der Waals surface area contributed by atoms with Crippen molar-refractivity contribution in [3.8, 4) is 5.75 Å². The first kappa shape index (κ1) is 12.9. The smallest absolute Gasteiger partial charge is 0.321 e. The van der Waals surface area contributed by atoms with Crippen molar-refractivity contribution in [3.05, 3.63) is 42.1 Å². The van der Waals surface area contributed by atoms with Crippen molar-refractivity contribution < 1.29 is 14.1 Å². The minimum atomic E-state index is -0.315. The minimum Gasteiger partial charge on any atom is -0.497 e. The van der Waals surface area contributed by atoms with Crippen LogP contribution in [0.15, 0.2) is 41.1 Å². The summed E-state index contributed by atoms with van der Waals surface area (Å²) in [5.74, 6) is 1.14. The fourth-order valence-electron chi connectivity index (χ4n) is 1.55. The van der Waals surface area contributed by atoms with E-state index in [1.54, 1.807) is 13.2 Å². The lowest BCUT2D eigenvalue weighted by Gasteiger charge is -2.06. The summed E-state index contributed by atoms with van der Waals surface area (Å²) in [7, 11) is 1.63. The Hall–Kier alpha value is -2.50. The average Bonchev–Trinajstić information content (AvgIpc) is 2.92. The molecule has 0 radical (unpaired) electrons. The van der Waals surface area contributed by atoms with E-state index in [-0.39, 0.29) is 6.03 Å². The van der Waals surface area contributed by atoms with Gasteiger partial charge in [-0.05, 0) is 24.1 Å². The summed E-state index contributed by atoms with van der Waals surface area (Å²) in [5.41, 5.74) is 1.13. The molecule has 0 saturated heterocycles. The lowest BCUT2D eigenvalue weighted by atomic mass is 10.1. The van der Waals surface area contributed by atoms with Gasteiger partial charge in [-0.25, -0.2) is 4.79 Å². The molecule has 1 heterocycles. The summed E-state index contributed by atoms with van der Waals surface area (Å²) in [4.78, 5) is 11.5. The predicted molar refractivity (Wildman–Crippen MR) is 70.2 cm³/mol. The van der Waals surface area contributed by atoms with E-state index in [2.05, 4.69) is 15.8 Å². The molecule has 6 nitrogen and oxygen atoms in total. The van der Waals surface area contributed by atoms with Crippen LogP contribution in [-0.4, -0.2) is 24.8 Å². The van der Waals surface area contributed by atoms with Gasteiger partial charge in [0, 0.05) is 12.6 Å². The number of carbonyl (C=O) groups excluding carboxylic acids is 1. The van der Waals surface area contributed by atoms with Crippen LogP contribution in [0.3, 0.4) is 0 Å². The van der Waals surface area contributed by atoms with E-state index >= 15 is 0 Å². The molecule has 1 aromatic carbocycles. The maximum absolute atomic E-state index is 11.5. The summed E-state index contributed by atoms with van der Waals surface area (Å²) < 4.78 is 9.83. The number of benzene rings is 1. The summed E-state index contributed by atoms with van der Waals surface area (Å²) >= 11 is 0. The molecule has 19 heavy (non-hydrogen) atoms. The fourth-order valence-corrected chi connectivity index (χ4v) is 1.55. The minimum absolute atomic E-state index is 0.315. The van der Waals surface area contributed by atoms with Gasteiger partial charge in [0.05, 0.1) is 13.3 Å². The monoisotopic (exact) mass is 261 g/mol. The standard InChI is InChI=1S/C13H15N3O3/c1-18-11-4-2-10(3-5-11)6-8-14-13(17)16-12-7-9-15-19-12/h2-5,7,9H,6,8H2,1H3,(H2,14,16,17). The number of nitrogens with one attached hydrogen (secondary N) is 2. The van der Waals surface area contributed by atoms with Crippen LogP contribution in [-0.2, 0) is 6.42 Å². The third-order valence-electron chi connectivity index (χ3n) is 2.53. The number of methoxy groups -OCH3 is 1. The normalized spacial score (nSPS) is 9.95. The van der Waals surface area contributed by atoms with Gasteiger partial charge in [0.2, 0.25) is 5.88 Å². The van der Waals surface area contributed by atoms with Crippen LogP contribution in [0.25, 0.3) is 0 Å². The zero-order valence-electron chi connectivity index (χ0n) is 10.6. The van der Waals surface area contributed by atoms with Gasteiger partial charge in [-0.2, -0.15) is 0 Å². The topological polar surface area (TPSA) is 76.4 Å². The predicted octanol–water partition coefficient (Wildman–Crippen LogP) is 2.05. The Morgan fingerprint density at radius 1 is 1.32 bits per heavy atom. The lowest BCUT2D eigenvalue weighted by Crippen LogP contribution is -2.30. The largest absolute Gasteiger partial charge is 0.497 e. The highest BCUT2D eigenvalue weighted by Gasteiger charge is 2.03. The number of amides is 2. The van der Waals surface area contributed by atoms with Gasteiger partial charge < -0.3 is 14.6 Å². The van der Waals surface area contributed by atoms with Crippen LogP contribution in [0.2, 0.25) is 0 Å². The van der Waals surface area contributed by atoms with Gasteiger partial charge in [-0.15, -0.1) is 0 Å². The number of hydrogen-bond donors (Lipinski definition) is 2. The van der Waals surface area contributed by atoms with E-state index in [9.17, 15) is 4.79 Å². The highest BCUT2D eigenvalue weighted by Crippen LogP contribution is 2.11. The first-order valence-corrected chi connectivity index (χ1v) is 5.86. The second-order valence-electron chi connectivity index (χ2n) is 3.86. The van der Waals surface area contributed by atoms with E-state index in [4.69, 9.17) is 9.26 Å². The second-order valence-corrected chi connectivity index (χ2v) is 3.86. The van der Waals surface area contributed by atoms with E-state index in [1.165, 1.54) is 6.20 Å². The third-order valence-corrected chi connectivity index (χ3v) is 2.53. The van der Waals surface area contributed by atoms with E-state index in [0.29, 0.717) is 12.4 Å². The Balaban J connectivity index is 1.72. The van der Waals surface area contributed by atoms with Gasteiger partial charge in [0.25, 0.3) is 0 Å². The molecule has 0 aliphatic rings. The highest BCUT2D eigenvalue weighted by atomic mass is 16.5. The van der Waals surface area contributed by atoms with Gasteiger partial charge in [-0.3, -0.25) is 5.32 Å². The zero-order valence-corrected chi connectivity index (χ0v) is 10.6. The number of nitrogens with zero attached hydrogens (tertiary/aromatic N) is 1. The fraction of sp³-hybridized carbons (Fsp3) is 0.231. The number of anilines is 1. The lowest BCUT2D eigenvalue weighted by molar-refractivity contribution is 0.251. The number of carbonyl (C=O) groups is 1. The maximum Gasteiger partial charge on any atom is 0.321 e. The van der Waals surface area contributed by atoms with Crippen molar-refractivity contribution in [1.29, 1.82) is 0 Å². The Labute approximate surface area is 110 Å². The Morgan fingerprint density at radius 3 is 2.74 bits per heavy atom. The van der Waals surface area contributed by atoms with Crippen LogP contribution in [0.4, 0.5) is 10.7 Å². The number of urea groups is 1. The molecule has 0 fully saturated rings. The van der Waals surface area contributed by atoms with Crippen molar-refractivity contribution >= 4 is 11.9 Å². The molecule has 2 rings (SSSR count). The van der Waals surface area contributed by atoms with Crippen LogP contribution >= 0.6 is 0 Å². The van der Waals surface area contributed by atoms with Crippen molar-refractivity contribution in [2.45, 2.75) is 6.42 Å². The van der Waals surface area contributed by atoms with E-state index < -0.39 is 0 Å². The van der Waals surface area contributed by atoms with Gasteiger partial charge in [0.1, 0.15) is 5.75 Å². The SMILES string of the molecule is COc1ccc(CCNC(=O)Nc2ccno2)cc1. The first-order chi connectivity index (χ1) is 9.28. The van der Waals surface area contributed by atoms with Gasteiger partial charge in [-0.1, -0.05) is 17.3 Å². The Morgan fingerprint density at radius 2 is 2.11 bits per heavy atom. The molecule has 2 N–H and O–H groups in total. The maximum atomic E-state index is 11.5. The summed E-state index contributed by atoms with van der Waals surface area (Å²) in [6.45, 7) is 0.534. The molecule has 100 valence electrons. The number of hydrogen-bond acceptors (Lipinski definition) is 4. The second kappa shape index (κ2) is 6.44. The van der Waals surface area contributed by atoms with Gasteiger partial charge >= 0.3 is 6.03 Å². The summed E-state index contributed by atoms with van der Waals surface area (Å²) in [6.07, 6.45) is 2.21. The molecule has 0 saturated carbocycles. The molecule has 0 aliphatic carbocycles. The van der Waals surface area contributed by atoms with Crippen molar-refractivity contribution in [2.24, 2.45) is 0 Å². The quantitative estimate of drug-likeness (QED) is 0.863. The molecule has 0 unspecified atom stereocenters. The summed E-state index contributed by atoms with van der Waals surface area (Å²) in [6, 6.07) is 8.98. The van der Waals surface area contributed by atoms with E-state index in [1.807, 2.05) is 24.3 Å². The third kappa shape index (κ3) is 4.02. The average molecular weight is 261 g/mol. The molecular formula is C13H15N3O3. The van der Waals surface area contributed by atoms with Crippen LogP contribution < -0.4 is 15.4 Å². The molecule has 2 amide bonds. The summed E-state index contributed by atoms with van der Waals surface area (Å²) in [5, 5.41) is 8.75. The molecule has 2 aromatic rings. The van der Waals surface area contributed by atoms with E-state index in [0.717, 1.165) is 17.7 Å². The van der Waals surface area contributed by atoms with Crippen molar-refractivity contribution in [1.82, 2.24) is 10.5 Å². The molecule has 0 spiro atoms. The zero-order chi connectivity index (χ0) is 13.5.